The lowest BCUT2D eigenvalue weighted by Crippen LogP contribution is -2.62. The summed E-state index contributed by atoms with van der Waals surface area (Å²) in [6.07, 6.45) is 6.47. The highest BCUT2D eigenvalue weighted by atomic mass is 28.4. The van der Waals surface area contributed by atoms with Crippen molar-refractivity contribution in [3.8, 4) is 0 Å². The zero-order valence-corrected chi connectivity index (χ0v) is 24.5. The van der Waals surface area contributed by atoms with Gasteiger partial charge in [-0.25, -0.2) is 0 Å². The van der Waals surface area contributed by atoms with Gasteiger partial charge < -0.3 is 22.1 Å². The van der Waals surface area contributed by atoms with Crippen molar-refractivity contribution < 1.29 is 22.1 Å². The smallest absolute Gasteiger partial charge is 0.391 e. The monoisotopic (exact) mass is 518 g/mol. The van der Waals surface area contributed by atoms with Gasteiger partial charge in [-0.05, 0) is 35.3 Å². The number of hydrogen-bond acceptors (Lipinski definition) is 5. The molecule has 196 valence electrons. The van der Waals surface area contributed by atoms with Crippen molar-refractivity contribution in [1.29, 1.82) is 0 Å². The van der Waals surface area contributed by atoms with Gasteiger partial charge in [-0.15, -0.1) is 0 Å². The molecule has 2 aromatic carbocycles. The van der Waals surface area contributed by atoms with Crippen LogP contribution in [0, 0.1) is 0 Å². The fourth-order valence-electron chi connectivity index (χ4n) is 3.41. The first-order chi connectivity index (χ1) is 17.1. The standard InChI is InChI=1S/C14H30O3Si.C14H16O2Si/c1-5-9-12-15-18(8-4,16-13-10-6-2)17-14-11-7-3;1-15-17(16-2,13-9-5-3-6-10-13)14-11-7-4-8-12-14/h8H,4-7,9-14H2,1-3H3;3-12H,1-2H3. The molecular weight excluding hydrogens is 472 g/mol. The van der Waals surface area contributed by atoms with Crippen molar-refractivity contribution in [2.45, 2.75) is 59.3 Å². The van der Waals surface area contributed by atoms with Gasteiger partial charge in [-0.2, -0.15) is 0 Å². The van der Waals surface area contributed by atoms with Crippen LogP contribution in [0.15, 0.2) is 72.9 Å². The van der Waals surface area contributed by atoms with Crippen LogP contribution in [0.25, 0.3) is 0 Å². The Bertz CT molecular complexity index is 701. The van der Waals surface area contributed by atoms with Crippen LogP contribution in [-0.2, 0) is 22.1 Å². The molecule has 0 N–H and O–H groups in total. The number of hydrogen-bond donors (Lipinski definition) is 0. The molecule has 0 amide bonds. The summed E-state index contributed by atoms with van der Waals surface area (Å²) in [5.41, 5.74) is 1.77. The molecule has 0 bridgehead atoms. The molecule has 2 rings (SSSR count). The van der Waals surface area contributed by atoms with Crippen molar-refractivity contribution >= 4 is 27.7 Å². The van der Waals surface area contributed by atoms with E-state index in [1.165, 1.54) is 0 Å². The summed E-state index contributed by atoms with van der Waals surface area (Å²) >= 11 is 0. The first-order valence-corrected chi connectivity index (χ1v) is 16.5. The molecule has 5 nitrogen and oxygen atoms in total. The Labute approximate surface area is 216 Å². The summed E-state index contributed by atoms with van der Waals surface area (Å²) in [5.74, 6) is 0. The second kappa shape index (κ2) is 18.7. The Morgan fingerprint density at radius 2 is 0.971 bits per heavy atom. The minimum absolute atomic E-state index is 0.701. The van der Waals surface area contributed by atoms with Gasteiger partial charge in [0.25, 0.3) is 0 Å². The van der Waals surface area contributed by atoms with E-state index in [-0.39, 0.29) is 0 Å². The van der Waals surface area contributed by atoms with E-state index in [4.69, 9.17) is 22.1 Å². The number of rotatable bonds is 17. The van der Waals surface area contributed by atoms with Gasteiger partial charge in [0.1, 0.15) is 0 Å². The average Bonchev–Trinajstić information content (AvgIpc) is 2.91. The molecule has 0 saturated heterocycles. The summed E-state index contributed by atoms with van der Waals surface area (Å²) in [6.45, 7) is 12.4. The molecule has 0 heterocycles. The molecule has 2 aromatic rings. The third kappa shape index (κ3) is 10.5. The highest BCUT2D eigenvalue weighted by molar-refractivity contribution is 6.92. The molecular formula is C28H46O5Si2. The Hall–Kier alpha value is -1.59. The van der Waals surface area contributed by atoms with Gasteiger partial charge >= 0.3 is 17.4 Å². The third-order valence-corrected chi connectivity index (χ3v) is 11.2. The normalized spacial score (nSPS) is 11.6. The first kappa shape index (κ1) is 31.4. The van der Waals surface area contributed by atoms with Crippen LogP contribution in [0.3, 0.4) is 0 Å². The van der Waals surface area contributed by atoms with E-state index in [9.17, 15) is 0 Å². The number of benzene rings is 2. The van der Waals surface area contributed by atoms with Crippen LogP contribution < -0.4 is 10.4 Å². The molecule has 0 saturated carbocycles. The minimum atomic E-state index is -2.62. The summed E-state index contributed by atoms with van der Waals surface area (Å²) in [7, 11) is -1.68. The Morgan fingerprint density at radius 3 is 1.23 bits per heavy atom. The quantitative estimate of drug-likeness (QED) is 0.200. The molecule has 0 aliphatic heterocycles. The maximum absolute atomic E-state index is 5.89. The highest BCUT2D eigenvalue weighted by Gasteiger charge is 2.40. The zero-order valence-electron chi connectivity index (χ0n) is 22.5. The van der Waals surface area contributed by atoms with E-state index in [0.29, 0.717) is 19.8 Å². The molecule has 0 aliphatic rings. The predicted molar refractivity (Wildman–Crippen MR) is 150 cm³/mol. The van der Waals surface area contributed by atoms with Crippen molar-refractivity contribution in [2.75, 3.05) is 34.0 Å². The van der Waals surface area contributed by atoms with Crippen LogP contribution in [0.1, 0.15) is 59.3 Å². The summed E-state index contributed by atoms with van der Waals surface area (Å²) < 4.78 is 29.2. The zero-order chi connectivity index (χ0) is 25.8. The lowest BCUT2D eigenvalue weighted by molar-refractivity contribution is 0.0685. The molecule has 0 radical (unpaired) electrons. The van der Waals surface area contributed by atoms with Gasteiger partial charge in [0.05, 0.1) is 0 Å². The summed E-state index contributed by atoms with van der Waals surface area (Å²) in [6, 6.07) is 20.3. The van der Waals surface area contributed by atoms with E-state index in [1.54, 1.807) is 19.9 Å². The number of unbranched alkanes of at least 4 members (excludes halogenated alkanes) is 3. The van der Waals surface area contributed by atoms with Gasteiger partial charge in [-0.3, -0.25) is 0 Å². The molecule has 0 spiro atoms. The topological polar surface area (TPSA) is 46.2 Å². The molecule has 0 unspecified atom stereocenters. The van der Waals surface area contributed by atoms with Crippen LogP contribution >= 0.6 is 0 Å². The second-order valence-corrected chi connectivity index (χ2v) is 13.9. The van der Waals surface area contributed by atoms with Crippen LogP contribution in [0.5, 0.6) is 0 Å². The maximum Gasteiger partial charge on any atom is 0.529 e. The molecule has 7 heteroatoms. The van der Waals surface area contributed by atoms with Crippen molar-refractivity contribution in [3.05, 3.63) is 72.9 Å². The minimum Gasteiger partial charge on any atom is -0.391 e. The van der Waals surface area contributed by atoms with Crippen LogP contribution in [0.2, 0.25) is 0 Å². The van der Waals surface area contributed by atoms with Crippen molar-refractivity contribution in [2.24, 2.45) is 0 Å². The lowest BCUT2D eigenvalue weighted by Gasteiger charge is -2.27. The largest absolute Gasteiger partial charge is 0.529 e. The third-order valence-electron chi connectivity index (χ3n) is 5.54. The Balaban J connectivity index is 0.000000350. The lowest BCUT2D eigenvalue weighted by atomic mass is 10.4. The van der Waals surface area contributed by atoms with Crippen LogP contribution in [-0.4, -0.2) is 51.4 Å². The fourth-order valence-corrected chi connectivity index (χ4v) is 8.01. The second-order valence-electron chi connectivity index (χ2n) is 8.17. The summed E-state index contributed by atoms with van der Waals surface area (Å²) in [4.78, 5) is 0. The Morgan fingerprint density at radius 1 is 0.629 bits per heavy atom. The molecule has 0 atom stereocenters. The first-order valence-electron chi connectivity index (χ1n) is 12.8. The molecule has 0 fully saturated rings. The van der Waals surface area contributed by atoms with E-state index in [0.717, 1.165) is 48.9 Å². The fraction of sp³-hybridized carbons (Fsp3) is 0.500. The molecule has 35 heavy (non-hydrogen) atoms. The molecule has 0 aliphatic carbocycles. The van der Waals surface area contributed by atoms with Crippen LogP contribution in [0.4, 0.5) is 0 Å². The van der Waals surface area contributed by atoms with Crippen molar-refractivity contribution in [3.63, 3.8) is 0 Å². The average molecular weight is 519 g/mol. The van der Waals surface area contributed by atoms with Gasteiger partial charge in [0.2, 0.25) is 0 Å². The van der Waals surface area contributed by atoms with E-state index in [1.807, 2.05) is 36.4 Å². The van der Waals surface area contributed by atoms with E-state index >= 15 is 0 Å². The SMILES string of the molecule is C=C[Si](OCCCC)(OCCCC)OCCCC.CO[Si](OC)(c1ccccc1)c1ccccc1. The summed E-state index contributed by atoms with van der Waals surface area (Å²) in [5, 5.41) is 2.24. The Kier molecular flexibility index (Phi) is 16.8. The highest BCUT2D eigenvalue weighted by Crippen LogP contribution is 2.14. The van der Waals surface area contributed by atoms with E-state index < -0.39 is 17.4 Å². The molecule has 0 aromatic heterocycles. The van der Waals surface area contributed by atoms with Gasteiger partial charge in [-0.1, -0.05) is 107 Å². The maximum atomic E-state index is 5.89. The van der Waals surface area contributed by atoms with Crippen molar-refractivity contribution in [1.82, 2.24) is 0 Å². The van der Waals surface area contributed by atoms with Gasteiger partial charge in [0.15, 0.2) is 0 Å². The van der Waals surface area contributed by atoms with E-state index in [2.05, 4.69) is 51.6 Å². The van der Waals surface area contributed by atoms with Gasteiger partial charge in [0, 0.05) is 34.0 Å². The predicted octanol–water partition coefficient (Wildman–Crippen LogP) is 5.64.